The van der Waals surface area contributed by atoms with E-state index >= 15 is 0 Å². The van der Waals surface area contributed by atoms with E-state index in [1.165, 1.54) is 0 Å². The molecule has 0 bridgehead atoms. The topological polar surface area (TPSA) is 77.8 Å². The molecule has 0 spiro atoms. The van der Waals surface area contributed by atoms with Crippen LogP contribution in [0.2, 0.25) is 0 Å². The van der Waals surface area contributed by atoms with Gasteiger partial charge < -0.3 is 14.7 Å². The number of rotatable bonds is 0. The van der Waals surface area contributed by atoms with Crippen molar-refractivity contribution < 1.29 is 54.8 Å². The molecule has 1 aromatic carbocycles. The summed E-state index contributed by atoms with van der Waals surface area (Å²) in [5.74, 6) is 0. The van der Waals surface area contributed by atoms with Crippen molar-refractivity contribution in [3.63, 3.8) is 0 Å². The van der Waals surface area contributed by atoms with Gasteiger partial charge in [-0.05, 0) is 0 Å². The Hall–Kier alpha value is 0.525. The van der Waals surface area contributed by atoms with Crippen LogP contribution in [-0.2, 0) is 4.57 Å². The molecule has 0 atom stereocenters. The summed E-state index contributed by atoms with van der Waals surface area (Å²) in [6.45, 7) is 0. The predicted octanol–water partition coefficient (Wildman–Crippen LogP) is 0.558. The van der Waals surface area contributed by atoms with Crippen LogP contribution in [0.1, 0.15) is 0 Å². The van der Waals surface area contributed by atoms with Gasteiger partial charge in [0.15, 0.2) is 0 Å². The molecule has 12 heavy (non-hydrogen) atoms. The van der Waals surface area contributed by atoms with Crippen molar-refractivity contribution in [1.29, 1.82) is 0 Å². The average molecular weight is 314 g/mol. The minimum Gasteiger partial charge on any atom is -0.303 e. The molecule has 4 nitrogen and oxygen atoms in total. The molecule has 1 aromatic rings. The predicted molar refractivity (Wildman–Crippen MR) is 39.5 cm³/mol. The molecule has 1 radical (unpaired) electrons. The monoisotopic (exact) mass is 314 g/mol. The van der Waals surface area contributed by atoms with Gasteiger partial charge in [0.1, 0.15) is 0 Å². The van der Waals surface area contributed by atoms with E-state index in [2.05, 4.69) is 6.07 Å². The normalized spacial score (nSPS) is 8.92. The Morgan fingerprint density at radius 3 is 1.42 bits per heavy atom. The Morgan fingerprint density at radius 2 is 1.33 bits per heavy atom. The van der Waals surface area contributed by atoms with E-state index in [1.807, 2.05) is 30.3 Å². The van der Waals surface area contributed by atoms with E-state index in [-0.39, 0.29) is 35.6 Å². The van der Waals surface area contributed by atoms with Crippen molar-refractivity contribution in [2.45, 2.75) is 0 Å². The fourth-order valence-corrected chi connectivity index (χ4v) is 0.342. The SMILES string of the molecule is O=P(O)(O)O.[La].[c-]1ccccc1. The van der Waals surface area contributed by atoms with Gasteiger partial charge in [0.05, 0.1) is 0 Å². The smallest absolute Gasteiger partial charge is 0.303 e. The quantitative estimate of drug-likeness (QED) is 0.483. The molecule has 6 heteroatoms. The minimum absolute atomic E-state index is 0. The Balaban J connectivity index is 0. The van der Waals surface area contributed by atoms with Gasteiger partial charge in [0.25, 0.3) is 0 Å². The zero-order chi connectivity index (χ0) is 8.74. The van der Waals surface area contributed by atoms with Gasteiger partial charge >= 0.3 is 7.82 Å². The standard InChI is InChI=1S/C6H5.La.H3O4P/c1-2-4-6-5-3-1;;1-5(2,3)4/h1-5H;;(H3,1,2,3,4)/q-1;;. The van der Waals surface area contributed by atoms with Crippen LogP contribution in [0.25, 0.3) is 0 Å². The maximum atomic E-state index is 8.88. The summed E-state index contributed by atoms with van der Waals surface area (Å²) >= 11 is 0. The Bertz CT molecular complexity index is 187. The summed E-state index contributed by atoms with van der Waals surface area (Å²) in [7, 11) is -4.64. The van der Waals surface area contributed by atoms with Crippen LogP contribution in [0.15, 0.2) is 30.3 Å². The second-order valence-electron chi connectivity index (χ2n) is 1.59. The number of hydrogen-bond donors (Lipinski definition) is 3. The molecule has 0 aliphatic carbocycles. The first-order valence-corrected chi connectivity index (χ1v) is 4.26. The number of hydrogen-bond acceptors (Lipinski definition) is 1. The van der Waals surface area contributed by atoms with Crippen molar-refractivity contribution in [3.05, 3.63) is 36.4 Å². The van der Waals surface area contributed by atoms with Gasteiger partial charge in [-0.1, -0.05) is 0 Å². The van der Waals surface area contributed by atoms with Gasteiger partial charge in [-0.15, -0.1) is 0 Å². The van der Waals surface area contributed by atoms with E-state index < -0.39 is 7.82 Å². The van der Waals surface area contributed by atoms with Crippen molar-refractivity contribution in [2.24, 2.45) is 0 Å². The zero-order valence-corrected chi connectivity index (χ0v) is 10.7. The van der Waals surface area contributed by atoms with Crippen LogP contribution >= 0.6 is 7.82 Å². The number of phosphoric acid groups is 1. The Kier molecular flexibility index (Phi) is 10.2. The molecule has 0 aromatic heterocycles. The van der Waals surface area contributed by atoms with Gasteiger partial charge in [-0.2, -0.15) is 36.4 Å². The third-order valence-electron chi connectivity index (χ3n) is 0.607. The molecule has 0 fully saturated rings. The molecule has 0 saturated carbocycles. The Morgan fingerprint density at radius 1 is 1.00 bits per heavy atom. The van der Waals surface area contributed by atoms with Crippen molar-refractivity contribution in [2.75, 3.05) is 0 Å². The second-order valence-corrected chi connectivity index (χ2v) is 2.62. The summed E-state index contributed by atoms with van der Waals surface area (Å²) in [4.78, 5) is 21.6. The summed E-state index contributed by atoms with van der Waals surface area (Å²) in [5.41, 5.74) is 0. The molecular formula is C6H8LaO4P-. The summed E-state index contributed by atoms with van der Waals surface area (Å²) < 4.78 is 8.88. The second kappa shape index (κ2) is 8.14. The van der Waals surface area contributed by atoms with Crippen molar-refractivity contribution >= 4 is 7.82 Å². The maximum Gasteiger partial charge on any atom is 0.466 e. The third-order valence-corrected chi connectivity index (χ3v) is 0.607. The molecule has 0 amide bonds. The van der Waals surface area contributed by atoms with Crippen LogP contribution in [-0.4, -0.2) is 14.7 Å². The fraction of sp³-hybridized carbons (Fsp3) is 0. The van der Waals surface area contributed by atoms with E-state index in [9.17, 15) is 0 Å². The first-order chi connectivity index (χ1) is 5.00. The van der Waals surface area contributed by atoms with Gasteiger partial charge in [0, 0.05) is 35.6 Å². The third kappa shape index (κ3) is 22.4. The number of benzene rings is 1. The molecule has 0 aliphatic heterocycles. The molecule has 3 N–H and O–H groups in total. The van der Waals surface area contributed by atoms with Gasteiger partial charge in [-0.3, -0.25) is 0 Å². The molecule has 1 rings (SSSR count). The average Bonchev–Trinajstić information content (AvgIpc) is 1.88. The van der Waals surface area contributed by atoms with Crippen molar-refractivity contribution in [3.8, 4) is 0 Å². The van der Waals surface area contributed by atoms with Gasteiger partial charge in [0.2, 0.25) is 0 Å². The first-order valence-electron chi connectivity index (χ1n) is 2.69. The summed E-state index contributed by atoms with van der Waals surface area (Å²) in [6.07, 6.45) is 0. The molecule has 65 valence electrons. The van der Waals surface area contributed by atoms with E-state index in [1.54, 1.807) is 0 Å². The molecule has 0 aliphatic rings. The Labute approximate surface area is 98.5 Å². The van der Waals surface area contributed by atoms with Crippen LogP contribution in [0.4, 0.5) is 0 Å². The fourth-order valence-electron chi connectivity index (χ4n) is 0.342. The van der Waals surface area contributed by atoms with Crippen LogP contribution < -0.4 is 0 Å². The minimum atomic E-state index is -4.64. The zero-order valence-electron chi connectivity index (χ0n) is 6.16. The van der Waals surface area contributed by atoms with E-state index in [0.29, 0.717) is 0 Å². The van der Waals surface area contributed by atoms with Gasteiger partial charge in [-0.25, -0.2) is 4.57 Å². The van der Waals surface area contributed by atoms with Crippen LogP contribution in [0.5, 0.6) is 0 Å². The first kappa shape index (κ1) is 15.0. The van der Waals surface area contributed by atoms with E-state index in [4.69, 9.17) is 19.2 Å². The largest absolute Gasteiger partial charge is 0.466 e. The summed E-state index contributed by atoms with van der Waals surface area (Å²) in [5, 5.41) is 0. The molecule has 0 unspecified atom stereocenters. The van der Waals surface area contributed by atoms with Crippen molar-refractivity contribution in [1.82, 2.24) is 0 Å². The molecule has 0 saturated heterocycles. The molecule has 0 heterocycles. The molecular weight excluding hydrogens is 306 g/mol. The van der Waals surface area contributed by atoms with Crippen LogP contribution in [0, 0.1) is 41.7 Å². The van der Waals surface area contributed by atoms with Crippen LogP contribution in [0.3, 0.4) is 0 Å². The van der Waals surface area contributed by atoms with E-state index in [0.717, 1.165) is 0 Å². The summed E-state index contributed by atoms with van der Waals surface area (Å²) in [6, 6.07) is 12.5. The maximum absolute atomic E-state index is 8.88.